The number of nitrogens with one attached hydrogen (secondary N) is 2. The first kappa shape index (κ1) is 20.1. The molecule has 1 heterocycles. The molecule has 142 valence electrons. The van der Waals surface area contributed by atoms with Crippen LogP contribution < -0.4 is 16.4 Å². The number of ether oxygens (including phenoxy) is 1. The van der Waals surface area contributed by atoms with Crippen LogP contribution in [-0.2, 0) is 4.74 Å². The van der Waals surface area contributed by atoms with Gasteiger partial charge in [0, 0.05) is 31.1 Å². The molecule has 0 atom stereocenters. The number of hydrogen-bond donors (Lipinski definition) is 3. The topological polar surface area (TPSA) is 115 Å². The van der Waals surface area contributed by atoms with Gasteiger partial charge in [-0.1, -0.05) is 24.8 Å². The number of hydrogen-bond acceptors (Lipinski definition) is 7. The summed E-state index contributed by atoms with van der Waals surface area (Å²) in [4.78, 5) is 24.6. The van der Waals surface area contributed by atoms with Crippen LogP contribution in [0.1, 0.15) is 16.1 Å². The molecule has 0 radical (unpaired) electrons. The molecule has 1 aromatic carbocycles. The molecule has 0 aliphatic carbocycles. The molecule has 0 bridgehead atoms. The largest absolute Gasteiger partial charge is 0.476 e. The van der Waals surface area contributed by atoms with Gasteiger partial charge in [-0.2, -0.15) is 0 Å². The van der Waals surface area contributed by atoms with Gasteiger partial charge in [-0.05, 0) is 25.6 Å². The van der Waals surface area contributed by atoms with Crippen LogP contribution in [0.3, 0.4) is 0 Å². The van der Waals surface area contributed by atoms with Gasteiger partial charge in [-0.25, -0.2) is 15.0 Å². The highest BCUT2D eigenvalue weighted by Gasteiger charge is 2.14. The highest BCUT2D eigenvalue weighted by Crippen LogP contribution is 2.19. The zero-order valence-electron chi connectivity index (χ0n) is 15.5. The van der Waals surface area contributed by atoms with Crippen LogP contribution in [0.25, 0.3) is 0 Å². The van der Waals surface area contributed by atoms with E-state index in [9.17, 15) is 4.79 Å². The maximum atomic E-state index is 12.2. The second-order valence-electron chi connectivity index (χ2n) is 5.73. The fourth-order valence-corrected chi connectivity index (χ4v) is 2.13. The van der Waals surface area contributed by atoms with Gasteiger partial charge in [0.15, 0.2) is 11.5 Å². The normalized spacial score (nSPS) is 11.1. The van der Waals surface area contributed by atoms with E-state index in [-0.39, 0.29) is 18.1 Å². The number of anilines is 1. The monoisotopic (exact) mass is 368 g/mol. The Labute approximate surface area is 158 Å². The zero-order chi connectivity index (χ0) is 19.6. The van der Waals surface area contributed by atoms with E-state index in [0.717, 1.165) is 11.3 Å². The molecule has 2 rings (SSSR count). The molecule has 8 nitrogen and oxygen atoms in total. The van der Waals surface area contributed by atoms with Crippen molar-refractivity contribution >= 4 is 23.3 Å². The number of nitrogen functional groups attached to an aromatic ring is 1. The fraction of sp³-hybridized carbons (Fsp3) is 0.263. The first-order valence-electron chi connectivity index (χ1n) is 8.47. The predicted molar refractivity (Wildman–Crippen MR) is 106 cm³/mol. The molecule has 27 heavy (non-hydrogen) atoms. The lowest BCUT2D eigenvalue weighted by Crippen LogP contribution is -2.30. The zero-order valence-corrected chi connectivity index (χ0v) is 15.5. The summed E-state index contributed by atoms with van der Waals surface area (Å²) in [6.45, 7) is 7.17. The highest BCUT2D eigenvalue weighted by atomic mass is 16.5. The number of carbonyl (C=O) groups is 1. The number of aromatic nitrogens is 2. The molecular formula is C19H24N6O2. The quantitative estimate of drug-likeness (QED) is 0.371. The molecule has 0 spiro atoms. The third-order valence-electron chi connectivity index (χ3n) is 3.63. The third kappa shape index (κ3) is 5.89. The van der Waals surface area contributed by atoms with E-state index in [0.29, 0.717) is 24.6 Å². The van der Waals surface area contributed by atoms with Crippen molar-refractivity contribution in [1.29, 1.82) is 0 Å². The van der Waals surface area contributed by atoms with Crippen LogP contribution in [0.15, 0.2) is 53.8 Å². The van der Waals surface area contributed by atoms with Crippen molar-refractivity contribution in [3.05, 3.63) is 60.1 Å². The fourth-order valence-electron chi connectivity index (χ4n) is 2.13. The lowest BCUT2D eigenvalue weighted by atomic mass is 10.2. The number of aryl methyl sites for hydroxylation is 1. The Morgan fingerprint density at radius 1 is 1.30 bits per heavy atom. The molecule has 0 saturated carbocycles. The van der Waals surface area contributed by atoms with Crippen LogP contribution in [-0.4, -0.2) is 48.5 Å². The van der Waals surface area contributed by atoms with Crippen molar-refractivity contribution in [1.82, 2.24) is 20.6 Å². The van der Waals surface area contributed by atoms with E-state index in [1.165, 1.54) is 12.4 Å². The standard InChI is InChI=1S/C19H24N6O2/c1-13-6-4-5-7-15(13)25-19(27-11-10-21-3)14(2)12-24-18(26)16-17(20)23-9-8-22-16/h4-9,21H,2,10-12H2,1,3H3,(H2,20,23)(H,24,26)/b25-19+. The number of carbonyl (C=O) groups excluding carboxylic acids is 1. The number of amides is 1. The van der Waals surface area contributed by atoms with Gasteiger partial charge < -0.3 is 21.1 Å². The minimum Gasteiger partial charge on any atom is -0.476 e. The van der Waals surface area contributed by atoms with Gasteiger partial charge in [0.05, 0.1) is 5.69 Å². The first-order valence-corrected chi connectivity index (χ1v) is 8.47. The molecule has 1 amide bonds. The van der Waals surface area contributed by atoms with Gasteiger partial charge in [0.1, 0.15) is 6.61 Å². The number of likely N-dealkylation sites (N-methyl/N-ethyl adjacent to an activating group) is 1. The van der Waals surface area contributed by atoms with Gasteiger partial charge >= 0.3 is 0 Å². The molecule has 2 aromatic rings. The average Bonchev–Trinajstić information content (AvgIpc) is 2.67. The Balaban J connectivity index is 2.10. The smallest absolute Gasteiger partial charge is 0.273 e. The average molecular weight is 368 g/mol. The molecule has 0 aliphatic rings. The molecule has 0 unspecified atom stereocenters. The van der Waals surface area contributed by atoms with E-state index >= 15 is 0 Å². The van der Waals surface area contributed by atoms with Crippen LogP contribution in [0.4, 0.5) is 11.5 Å². The third-order valence-corrected chi connectivity index (χ3v) is 3.63. The summed E-state index contributed by atoms with van der Waals surface area (Å²) >= 11 is 0. The van der Waals surface area contributed by atoms with Crippen LogP contribution in [0, 0.1) is 6.92 Å². The summed E-state index contributed by atoms with van der Waals surface area (Å²) in [6.07, 6.45) is 2.83. The summed E-state index contributed by atoms with van der Waals surface area (Å²) in [7, 11) is 1.84. The molecule has 0 saturated heterocycles. The lowest BCUT2D eigenvalue weighted by Gasteiger charge is -2.13. The summed E-state index contributed by atoms with van der Waals surface area (Å²) < 4.78 is 5.75. The van der Waals surface area contributed by atoms with Gasteiger partial charge in [-0.3, -0.25) is 4.79 Å². The molecule has 1 aromatic heterocycles. The number of nitrogens with zero attached hydrogens (tertiary/aromatic N) is 3. The van der Waals surface area contributed by atoms with Gasteiger partial charge in [0.2, 0.25) is 5.90 Å². The van der Waals surface area contributed by atoms with E-state index in [4.69, 9.17) is 10.5 Å². The van der Waals surface area contributed by atoms with Crippen molar-refractivity contribution in [2.45, 2.75) is 6.92 Å². The maximum absolute atomic E-state index is 12.2. The minimum atomic E-state index is -0.438. The second kappa shape index (κ2) is 10.0. The Morgan fingerprint density at radius 2 is 2.04 bits per heavy atom. The van der Waals surface area contributed by atoms with Crippen molar-refractivity contribution < 1.29 is 9.53 Å². The maximum Gasteiger partial charge on any atom is 0.273 e. The first-order chi connectivity index (χ1) is 13.0. The number of para-hydroxylation sites is 1. The van der Waals surface area contributed by atoms with Crippen LogP contribution in [0.2, 0.25) is 0 Å². The van der Waals surface area contributed by atoms with E-state index < -0.39 is 5.91 Å². The Bertz CT molecular complexity index is 834. The summed E-state index contributed by atoms with van der Waals surface area (Å²) in [6, 6.07) is 7.70. The van der Waals surface area contributed by atoms with Crippen molar-refractivity contribution in [2.24, 2.45) is 4.99 Å². The summed E-state index contributed by atoms with van der Waals surface area (Å²) in [5, 5.41) is 5.72. The number of benzene rings is 1. The Hall–Kier alpha value is -3.26. The van der Waals surface area contributed by atoms with E-state index in [1.54, 1.807) is 0 Å². The van der Waals surface area contributed by atoms with Crippen LogP contribution >= 0.6 is 0 Å². The summed E-state index contributed by atoms with van der Waals surface area (Å²) in [5.74, 6) is -0.00105. The number of nitrogens with two attached hydrogens (primary N) is 1. The number of aliphatic imine (C=N–C) groups is 1. The molecule has 4 N–H and O–H groups in total. The van der Waals surface area contributed by atoms with Crippen molar-refractivity contribution in [3.8, 4) is 0 Å². The second-order valence-corrected chi connectivity index (χ2v) is 5.73. The van der Waals surface area contributed by atoms with E-state index in [1.807, 2.05) is 38.2 Å². The predicted octanol–water partition coefficient (Wildman–Crippen LogP) is 1.62. The minimum absolute atomic E-state index is 0.0683. The summed E-state index contributed by atoms with van der Waals surface area (Å²) in [5.41, 5.74) is 8.07. The molecule has 0 fully saturated rings. The van der Waals surface area contributed by atoms with E-state index in [2.05, 4.69) is 32.2 Å². The van der Waals surface area contributed by atoms with Gasteiger partial charge in [0.25, 0.3) is 5.91 Å². The SMILES string of the molecule is C=C(CNC(=O)c1nccnc1N)/C(=N\c1ccccc1C)OCCNC. The van der Waals surface area contributed by atoms with Crippen molar-refractivity contribution in [3.63, 3.8) is 0 Å². The lowest BCUT2D eigenvalue weighted by molar-refractivity contribution is 0.0953. The Morgan fingerprint density at radius 3 is 2.74 bits per heavy atom. The van der Waals surface area contributed by atoms with Gasteiger partial charge in [-0.15, -0.1) is 0 Å². The van der Waals surface area contributed by atoms with Crippen LogP contribution in [0.5, 0.6) is 0 Å². The Kier molecular flexibility index (Phi) is 7.45. The molecule has 0 aliphatic heterocycles. The number of rotatable bonds is 8. The molecule has 8 heteroatoms. The molecular weight excluding hydrogens is 344 g/mol. The van der Waals surface area contributed by atoms with Crippen molar-refractivity contribution in [2.75, 3.05) is 32.5 Å². The highest BCUT2D eigenvalue weighted by molar-refractivity contribution is 5.99.